The molecule has 0 bridgehead atoms. The Morgan fingerprint density at radius 3 is 2.79 bits per heavy atom. The summed E-state index contributed by atoms with van der Waals surface area (Å²) in [7, 11) is 0. The Morgan fingerprint density at radius 2 is 2.16 bits per heavy atom. The predicted octanol–water partition coefficient (Wildman–Crippen LogP) is 2.68. The van der Waals surface area contributed by atoms with Gasteiger partial charge in [-0.05, 0) is 32.8 Å². The SMILES string of the molecule is Cc1cc(C(=O)Nc2cnc(C)s2)nc(C2CC2)n1. The first-order valence-corrected chi connectivity index (χ1v) is 7.03. The number of anilines is 1. The molecule has 1 aliphatic rings. The van der Waals surface area contributed by atoms with E-state index in [-0.39, 0.29) is 5.91 Å². The molecule has 0 unspecified atom stereocenters. The minimum absolute atomic E-state index is 0.198. The lowest BCUT2D eigenvalue weighted by Crippen LogP contribution is -2.15. The molecule has 0 aromatic carbocycles. The van der Waals surface area contributed by atoms with Crippen LogP contribution in [0.4, 0.5) is 5.00 Å². The number of nitrogens with one attached hydrogen (secondary N) is 1. The minimum atomic E-state index is -0.198. The first-order valence-electron chi connectivity index (χ1n) is 6.21. The number of carbonyl (C=O) groups is 1. The van der Waals surface area contributed by atoms with Gasteiger partial charge in [-0.3, -0.25) is 4.79 Å². The van der Waals surface area contributed by atoms with Crippen LogP contribution in [-0.4, -0.2) is 20.9 Å². The normalized spacial score (nSPS) is 14.4. The van der Waals surface area contributed by atoms with E-state index < -0.39 is 0 Å². The molecule has 19 heavy (non-hydrogen) atoms. The first-order chi connectivity index (χ1) is 9.11. The summed E-state index contributed by atoms with van der Waals surface area (Å²) < 4.78 is 0. The second-order valence-electron chi connectivity index (χ2n) is 4.72. The molecule has 2 heterocycles. The van der Waals surface area contributed by atoms with Crippen LogP contribution in [0.25, 0.3) is 0 Å². The molecule has 0 saturated heterocycles. The third-order valence-corrected chi connectivity index (χ3v) is 3.73. The molecular weight excluding hydrogens is 260 g/mol. The summed E-state index contributed by atoms with van der Waals surface area (Å²) in [5, 5.41) is 4.49. The maximum atomic E-state index is 12.1. The van der Waals surface area contributed by atoms with Gasteiger partial charge in [-0.25, -0.2) is 15.0 Å². The smallest absolute Gasteiger partial charge is 0.275 e. The Kier molecular flexibility index (Phi) is 3.02. The molecule has 2 aromatic rings. The van der Waals surface area contributed by atoms with E-state index in [1.54, 1.807) is 12.3 Å². The molecule has 1 N–H and O–H groups in total. The number of hydrogen-bond donors (Lipinski definition) is 1. The van der Waals surface area contributed by atoms with E-state index in [4.69, 9.17) is 0 Å². The van der Waals surface area contributed by atoms with Gasteiger partial charge < -0.3 is 5.32 Å². The number of hydrogen-bond acceptors (Lipinski definition) is 5. The van der Waals surface area contributed by atoms with Gasteiger partial charge in [0, 0.05) is 11.6 Å². The predicted molar refractivity (Wildman–Crippen MR) is 73.5 cm³/mol. The van der Waals surface area contributed by atoms with Crippen LogP contribution < -0.4 is 5.32 Å². The lowest BCUT2D eigenvalue weighted by Gasteiger charge is -2.05. The fraction of sp³-hybridized carbons (Fsp3) is 0.385. The summed E-state index contributed by atoms with van der Waals surface area (Å²) in [6.07, 6.45) is 3.91. The molecule has 2 aromatic heterocycles. The summed E-state index contributed by atoms with van der Waals surface area (Å²) in [5.41, 5.74) is 1.27. The van der Waals surface area contributed by atoms with E-state index in [0.717, 1.165) is 34.4 Å². The lowest BCUT2D eigenvalue weighted by atomic mass is 10.3. The molecule has 0 aliphatic heterocycles. The van der Waals surface area contributed by atoms with Crippen molar-refractivity contribution in [2.24, 2.45) is 0 Å². The molecule has 1 amide bonds. The van der Waals surface area contributed by atoms with Crippen molar-refractivity contribution in [3.63, 3.8) is 0 Å². The summed E-state index contributed by atoms with van der Waals surface area (Å²) in [4.78, 5) is 25.0. The molecule has 3 rings (SSSR count). The molecule has 5 nitrogen and oxygen atoms in total. The number of amides is 1. The van der Waals surface area contributed by atoms with Crippen LogP contribution in [0, 0.1) is 13.8 Å². The van der Waals surface area contributed by atoms with Crippen LogP contribution in [0.5, 0.6) is 0 Å². The van der Waals surface area contributed by atoms with Gasteiger partial charge in [0.25, 0.3) is 5.91 Å². The Bertz CT molecular complexity index is 633. The second kappa shape index (κ2) is 4.70. The average Bonchev–Trinajstić information content (AvgIpc) is 3.13. The van der Waals surface area contributed by atoms with E-state index in [1.165, 1.54) is 11.3 Å². The van der Waals surface area contributed by atoms with E-state index in [0.29, 0.717) is 11.6 Å². The van der Waals surface area contributed by atoms with Crippen LogP contribution in [-0.2, 0) is 0 Å². The number of carbonyl (C=O) groups excluding carboxylic acids is 1. The summed E-state index contributed by atoms with van der Waals surface area (Å²) in [6.45, 7) is 3.79. The van der Waals surface area contributed by atoms with E-state index >= 15 is 0 Å². The highest BCUT2D eigenvalue weighted by molar-refractivity contribution is 7.15. The molecule has 1 saturated carbocycles. The van der Waals surface area contributed by atoms with Gasteiger partial charge in [0.1, 0.15) is 16.5 Å². The van der Waals surface area contributed by atoms with Crippen molar-refractivity contribution in [2.45, 2.75) is 32.6 Å². The van der Waals surface area contributed by atoms with E-state index in [9.17, 15) is 4.79 Å². The van der Waals surface area contributed by atoms with Crippen molar-refractivity contribution >= 4 is 22.2 Å². The highest BCUT2D eigenvalue weighted by Crippen LogP contribution is 2.38. The Labute approximate surface area is 115 Å². The monoisotopic (exact) mass is 274 g/mol. The van der Waals surface area contributed by atoms with Crippen LogP contribution in [0.15, 0.2) is 12.3 Å². The van der Waals surface area contributed by atoms with Crippen molar-refractivity contribution in [3.8, 4) is 0 Å². The van der Waals surface area contributed by atoms with Gasteiger partial charge in [0.2, 0.25) is 0 Å². The van der Waals surface area contributed by atoms with Crippen molar-refractivity contribution in [1.29, 1.82) is 0 Å². The molecule has 1 fully saturated rings. The number of rotatable bonds is 3. The Morgan fingerprint density at radius 1 is 1.37 bits per heavy atom. The standard InChI is InChI=1S/C13H14N4OS/c1-7-5-10(16-12(15-7)9-3-4-9)13(18)17-11-6-14-8(2)19-11/h5-6,9H,3-4H2,1-2H3,(H,17,18). The number of thiazole rings is 1. The quantitative estimate of drug-likeness (QED) is 0.934. The van der Waals surface area contributed by atoms with Gasteiger partial charge in [-0.15, -0.1) is 11.3 Å². The Balaban J connectivity index is 1.82. The van der Waals surface area contributed by atoms with Gasteiger partial charge in [0.05, 0.1) is 11.2 Å². The van der Waals surface area contributed by atoms with Crippen molar-refractivity contribution < 1.29 is 4.79 Å². The van der Waals surface area contributed by atoms with Crippen molar-refractivity contribution in [2.75, 3.05) is 5.32 Å². The molecule has 0 atom stereocenters. The maximum Gasteiger partial charge on any atom is 0.275 e. The van der Waals surface area contributed by atoms with Crippen LogP contribution in [0.3, 0.4) is 0 Å². The second-order valence-corrected chi connectivity index (χ2v) is 5.96. The van der Waals surface area contributed by atoms with Crippen LogP contribution in [0.2, 0.25) is 0 Å². The summed E-state index contributed by atoms with van der Waals surface area (Å²) in [6, 6.07) is 1.72. The van der Waals surface area contributed by atoms with Crippen molar-refractivity contribution in [3.05, 3.63) is 34.5 Å². The lowest BCUT2D eigenvalue weighted by molar-refractivity contribution is 0.102. The molecular formula is C13H14N4OS. The topological polar surface area (TPSA) is 67.8 Å². The van der Waals surface area contributed by atoms with Gasteiger partial charge in [0.15, 0.2) is 0 Å². The molecule has 6 heteroatoms. The summed E-state index contributed by atoms with van der Waals surface area (Å²) >= 11 is 1.45. The van der Waals surface area contributed by atoms with Gasteiger partial charge in [-0.2, -0.15) is 0 Å². The zero-order chi connectivity index (χ0) is 13.4. The fourth-order valence-electron chi connectivity index (χ4n) is 1.83. The average molecular weight is 274 g/mol. The van der Waals surface area contributed by atoms with E-state index in [1.807, 2.05) is 13.8 Å². The Hall–Kier alpha value is -1.82. The zero-order valence-corrected chi connectivity index (χ0v) is 11.6. The van der Waals surface area contributed by atoms with Gasteiger partial charge in [-0.1, -0.05) is 0 Å². The molecule has 1 aliphatic carbocycles. The summed E-state index contributed by atoms with van der Waals surface area (Å²) in [5.74, 6) is 1.04. The highest BCUT2D eigenvalue weighted by atomic mass is 32.1. The third-order valence-electron chi connectivity index (χ3n) is 2.90. The van der Waals surface area contributed by atoms with Crippen LogP contribution >= 0.6 is 11.3 Å². The molecule has 0 radical (unpaired) electrons. The maximum absolute atomic E-state index is 12.1. The zero-order valence-electron chi connectivity index (χ0n) is 10.8. The number of aromatic nitrogens is 3. The minimum Gasteiger partial charge on any atom is -0.311 e. The van der Waals surface area contributed by atoms with E-state index in [2.05, 4.69) is 20.3 Å². The fourth-order valence-corrected chi connectivity index (χ4v) is 2.50. The first kappa shape index (κ1) is 12.2. The molecule has 98 valence electrons. The number of nitrogens with zero attached hydrogens (tertiary/aromatic N) is 3. The van der Waals surface area contributed by atoms with Crippen molar-refractivity contribution in [1.82, 2.24) is 15.0 Å². The van der Waals surface area contributed by atoms with Gasteiger partial charge >= 0.3 is 0 Å². The largest absolute Gasteiger partial charge is 0.311 e. The molecule has 0 spiro atoms. The highest BCUT2D eigenvalue weighted by Gasteiger charge is 2.27. The third kappa shape index (κ3) is 2.78. The number of aryl methyl sites for hydroxylation is 2. The van der Waals surface area contributed by atoms with Crippen LogP contribution in [0.1, 0.15) is 45.8 Å².